The van der Waals surface area contributed by atoms with Crippen molar-refractivity contribution in [3.8, 4) is 0 Å². The summed E-state index contributed by atoms with van der Waals surface area (Å²) in [5.74, 6) is 0. The van der Waals surface area contributed by atoms with Crippen LogP contribution in [0.15, 0.2) is 24.3 Å². The molecule has 0 amide bonds. The molecular weight excluding hydrogens is 265 g/mol. The maximum atomic E-state index is 13.0. The van der Waals surface area contributed by atoms with Crippen molar-refractivity contribution in [3.63, 3.8) is 0 Å². The van der Waals surface area contributed by atoms with Crippen LogP contribution in [0.4, 0.5) is 13.2 Å². The van der Waals surface area contributed by atoms with E-state index in [4.69, 9.17) is 5.73 Å². The summed E-state index contributed by atoms with van der Waals surface area (Å²) in [6.45, 7) is 6.53. The van der Waals surface area contributed by atoms with Crippen LogP contribution in [0, 0.1) is 0 Å². The smallest absolute Gasteiger partial charge is 0.323 e. The number of alkyl halides is 3. The summed E-state index contributed by atoms with van der Waals surface area (Å²) in [5, 5.41) is 0. The minimum atomic E-state index is -4.37. The zero-order chi connectivity index (χ0) is 15.6. The van der Waals surface area contributed by atoms with Gasteiger partial charge in [-0.1, -0.05) is 25.1 Å². The highest BCUT2D eigenvalue weighted by Gasteiger charge is 2.35. The third-order valence-corrected chi connectivity index (χ3v) is 4.03. The van der Waals surface area contributed by atoms with Gasteiger partial charge >= 0.3 is 6.18 Å². The molecule has 0 heterocycles. The number of hydrogen-bond donors (Lipinski definition) is 1. The van der Waals surface area contributed by atoms with Crippen LogP contribution in [-0.2, 0) is 6.18 Å². The molecule has 1 rings (SSSR count). The fourth-order valence-corrected chi connectivity index (χ4v) is 1.99. The van der Waals surface area contributed by atoms with Crippen LogP contribution in [0.1, 0.15) is 44.4 Å². The average molecular weight is 288 g/mol. The van der Waals surface area contributed by atoms with E-state index in [1.165, 1.54) is 12.1 Å². The van der Waals surface area contributed by atoms with Gasteiger partial charge in [-0.25, -0.2) is 0 Å². The van der Waals surface area contributed by atoms with Gasteiger partial charge in [-0.3, -0.25) is 4.90 Å². The minimum Gasteiger partial charge on any atom is -0.323 e. The molecule has 0 aliphatic heterocycles. The van der Waals surface area contributed by atoms with Crippen LogP contribution in [0.2, 0.25) is 0 Å². The first kappa shape index (κ1) is 17.0. The number of nitrogens with two attached hydrogens (primary N) is 1. The molecule has 0 aliphatic carbocycles. The van der Waals surface area contributed by atoms with Gasteiger partial charge in [0.15, 0.2) is 0 Å². The summed E-state index contributed by atoms with van der Waals surface area (Å²) in [7, 11) is 1.89. The molecule has 0 aromatic heterocycles. The number of hydrogen-bond acceptors (Lipinski definition) is 2. The van der Waals surface area contributed by atoms with Crippen LogP contribution in [0.25, 0.3) is 0 Å². The fraction of sp³-hybridized carbons (Fsp3) is 0.600. The maximum Gasteiger partial charge on any atom is 0.416 e. The Balaban J connectivity index is 2.97. The van der Waals surface area contributed by atoms with Crippen LogP contribution in [-0.4, -0.2) is 24.0 Å². The molecule has 0 spiro atoms. The van der Waals surface area contributed by atoms with Crippen molar-refractivity contribution in [2.75, 3.05) is 13.6 Å². The Morgan fingerprint density at radius 3 is 2.25 bits per heavy atom. The van der Waals surface area contributed by atoms with Gasteiger partial charge in [-0.05, 0) is 38.9 Å². The topological polar surface area (TPSA) is 29.3 Å². The molecule has 5 heteroatoms. The van der Waals surface area contributed by atoms with E-state index in [0.717, 1.165) is 12.5 Å². The van der Waals surface area contributed by atoms with Gasteiger partial charge in [0.1, 0.15) is 0 Å². The first-order chi connectivity index (χ1) is 9.09. The largest absolute Gasteiger partial charge is 0.416 e. The number of halogens is 3. The summed E-state index contributed by atoms with van der Waals surface area (Å²) < 4.78 is 38.9. The molecule has 2 N–H and O–H groups in total. The summed E-state index contributed by atoms with van der Waals surface area (Å²) >= 11 is 0. The van der Waals surface area contributed by atoms with Crippen molar-refractivity contribution in [2.45, 2.75) is 44.9 Å². The second-order valence-electron chi connectivity index (χ2n) is 5.74. The average Bonchev–Trinajstić information content (AvgIpc) is 2.37. The number of rotatable bonds is 5. The molecule has 1 atom stereocenters. The minimum absolute atomic E-state index is 0.0925. The van der Waals surface area contributed by atoms with Gasteiger partial charge in [-0.2, -0.15) is 13.2 Å². The molecule has 1 unspecified atom stereocenters. The van der Waals surface area contributed by atoms with Crippen molar-refractivity contribution in [3.05, 3.63) is 35.4 Å². The lowest BCUT2D eigenvalue weighted by atomic mass is 9.96. The van der Waals surface area contributed by atoms with Crippen molar-refractivity contribution in [1.29, 1.82) is 0 Å². The zero-order valence-corrected chi connectivity index (χ0v) is 12.5. The van der Waals surface area contributed by atoms with E-state index in [-0.39, 0.29) is 11.1 Å². The lowest BCUT2D eigenvalue weighted by Gasteiger charge is -2.36. The van der Waals surface area contributed by atoms with Gasteiger partial charge in [0.05, 0.1) is 5.56 Å². The summed E-state index contributed by atoms with van der Waals surface area (Å²) in [5.41, 5.74) is 5.42. The molecule has 0 fully saturated rings. The lowest BCUT2D eigenvalue weighted by Crippen LogP contribution is -2.44. The predicted octanol–water partition coefficient (Wildman–Crippen LogP) is 3.83. The molecule has 1 aromatic carbocycles. The summed E-state index contributed by atoms with van der Waals surface area (Å²) in [6, 6.07) is 4.86. The van der Waals surface area contributed by atoms with E-state index in [1.807, 2.05) is 18.9 Å². The highest BCUT2D eigenvalue weighted by atomic mass is 19.4. The van der Waals surface area contributed by atoms with Crippen molar-refractivity contribution in [2.24, 2.45) is 5.73 Å². The molecule has 0 saturated heterocycles. The monoisotopic (exact) mass is 288 g/mol. The quantitative estimate of drug-likeness (QED) is 0.892. The van der Waals surface area contributed by atoms with E-state index in [2.05, 4.69) is 13.8 Å². The van der Waals surface area contributed by atoms with Crippen LogP contribution in [0.3, 0.4) is 0 Å². The third-order valence-electron chi connectivity index (χ3n) is 4.03. The Hall–Kier alpha value is -1.07. The maximum absolute atomic E-state index is 13.0. The predicted molar refractivity (Wildman–Crippen MR) is 75.4 cm³/mol. The van der Waals surface area contributed by atoms with Crippen molar-refractivity contribution in [1.82, 2.24) is 4.90 Å². The highest BCUT2D eigenvalue weighted by Crippen LogP contribution is 2.34. The van der Waals surface area contributed by atoms with Gasteiger partial charge < -0.3 is 5.73 Å². The standard InChI is InChI=1S/C15H23F3N2/c1-5-14(2,3)20(4)10-13(19)11-8-6-7-9-12(11)15(16,17)18/h6-9,13H,5,10,19H2,1-4H3. The Morgan fingerprint density at radius 2 is 1.75 bits per heavy atom. The molecular formula is C15H23F3N2. The zero-order valence-electron chi connectivity index (χ0n) is 12.5. The third kappa shape index (κ3) is 3.96. The van der Waals surface area contributed by atoms with Gasteiger partial charge in [0.25, 0.3) is 0 Å². The van der Waals surface area contributed by atoms with E-state index >= 15 is 0 Å². The van der Waals surface area contributed by atoms with Gasteiger partial charge in [-0.15, -0.1) is 0 Å². The second-order valence-corrected chi connectivity index (χ2v) is 5.74. The Kier molecular flexibility index (Phi) is 5.21. The first-order valence-electron chi connectivity index (χ1n) is 6.72. The van der Waals surface area contributed by atoms with Crippen LogP contribution >= 0.6 is 0 Å². The summed E-state index contributed by atoms with van der Waals surface area (Å²) in [6.07, 6.45) is -3.47. The van der Waals surface area contributed by atoms with Crippen molar-refractivity contribution >= 4 is 0 Å². The normalized spacial score (nSPS) is 14.7. The molecule has 0 radical (unpaired) electrons. The van der Waals surface area contributed by atoms with E-state index in [9.17, 15) is 13.2 Å². The van der Waals surface area contributed by atoms with Gasteiger partial charge in [0, 0.05) is 18.1 Å². The Bertz CT molecular complexity index is 441. The second kappa shape index (κ2) is 6.14. The molecule has 0 bridgehead atoms. The first-order valence-corrected chi connectivity index (χ1v) is 6.72. The SMILES string of the molecule is CCC(C)(C)N(C)CC(N)c1ccccc1C(F)(F)F. The molecule has 0 aliphatic rings. The van der Waals surface area contributed by atoms with Gasteiger partial charge in [0.2, 0.25) is 0 Å². The Labute approximate surface area is 118 Å². The van der Waals surface area contributed by atoms with E-state index < -0.39 is 17.8 Å². The highest BCUT2D eigenvalue weighted by molar-refractivity contribution is 5.32. The van der Waals surface area contributed by atoms with Crippen LogP contribution in [0.5, 0.6) is 0 Å². The lowest BCUT2D eigenvalue weighted by molar-refractivity contribution is -0.138. The van der Waals surface area contributed by atoms with Crippen LogP contribution < -0.4 is 5.73 Å². The number of nitrogens with zero attached hydrogens (tertiary/aromatic N) is 1. The van der Waals surface area contributed by atoms with E-state index in [0.29, 0.717) is 6.54 Å². The molecule has 1 aromatic rings. The number of likely N-dealkylation sites (N-methyl/N-ethyl adjacent to an activating group) is 1. The molecule has 2 nitrogen and oxygen atoms in total. The van der Waals surface area contributed by atoms with E-state index in [1.54, 1.807) is 6.07 Å². The van der Waals surface area contributed by atoms with Crippen molar-refractivity contribution < 1.29 is 13.2 Å². The fourth-order valence-electron chi connectivity index (χ4n) is 1.99. The molecule has 20 heavy (non-hydrogen) atoms. The molecule has 114 valence electrons. The molecule has 0 saturated carbocycles. The summed E-state index contributed by atoms with van der Waals surface area (Å²) in [4.78, 5) is 2.00. The Morgan fingerprint density at radius 1 is 1.20 bits per heavy atom. The number of benzene rings is 1.